The summed E-state index contributed by atoms with van der Waals surface area (Å²) in [4.78, 5) is 11.5. The number of esters is 1. The van der Waals surface area contributed by atoms with Gasteiger partial charge in [0.05, 0.1) is 11.0 Å². The van der Waals surface area contributed by atoms with Gasteiger partial charge >= 0.3 is 5.97 Å². The van der Waals surface area contributed by atoms with Crippen LogP contribution in [0.4, 0.5) is 0 Å². The minimum Gasteiger partial charge on any atom is -0.462 e. The van der Waals surface area contributed by atoms with E-state index in [1.54, 1.807) is 26.0 Å². The van der Waals surface area contributed by atoms with E-state index in [2.05, 4.69) is 4.72 Å². The average Bonchev–Trinajstić information content (AvgIpc) is 2.53. The SMILES string of the molecule is CC(C)OC(=O)CNS(=O)(=O)c1ccc(-c2ccccc2)cc1. The standard InChI is InChI=1S/C17H19NO4S/c1-13(2)22-17(19)12-18-23(20,21)16-10-8-15(9-11-16)14-6-4-3-5-7-14/h3-11,13,18H,12H2,1-2H3. The van der Waals surface area contributed by atoms with Crippen LogP contribution in [0.15, 0.2) is 59.5 Å². The second kappa shape index (κ2) is 7.39. The molecule has 122 valence electrons. The van der Waals surface area contributed by atoms with Crippen molar-refractivity contribution in [3.63, 3.8) is 0 Å². The van der Waals surface area contributed by atoms with Gasteiger partial charge in [0, 0.05) is 0 Å². The van der Waals surface area contributed by atoms with Crippen molar-refractivity contribution in [1.29, 1.82) is 0 Å². The van der Waals surface area contributed by atoms with E-state index < -0.39 is 16.0 Å². The van der Waals surface area contributed by atoms with Crippen LogP contribution in [-0.2, 0) is 19.6 Å². The smallest absolute Gasteiger partial charge is 0.321 e. The topological polar surface area (TPSA) is 72.5 Å². The highest BCUT2D eigenvalue weighted by Gasteiger charge is 2.16. The van der Waals surface area contributed by atoms with E-state index in [9.17, 15) is 13.2 Å². The highest BCUT2D eigenvalue weighted by Crippen LogP contribution is 2.20. The maximum Gasteiger partial charge on any atom is 0.321 e. The van der Waals surface area contributed by atoms with E-state index in [0.29, 0.717) is 0 Å². The normalized spacial score (nSPS) is 11.4. The van der Waals surface area contributed by atoms with Gasteiger partial charge in [0.25, 0.3) is 0 Å². The summed E-state index contributed by atoms with van der Waals surface area (Å²) in [6.45, 7) is 3.02. The van der Waals surface area contributed by atoms with Gasteiger partial charge in [0.15, 0.2) is 0 Å². The fourth-order valence-electron chi connectivity index (χ4n) is 2.00. The summed E-state index contributed by atoms with van der Waals surface area (Å²) >= 11 is 0. The van der Waals surface area contributed by atoms with Crippen molar-refractivity contribution in [2.45, 2.75) is 24.8 Å². The van der Waals surface area contributed by atoms with Gasteiger partial charge in [-0.15, -0.1) is 0 Å². The maximum absolute atomic E-state index is 12.2. The summed E-state index contributed by atoms with van der Waals surface area (Å²) in [7, 11) is -3.74. The Morgan fingerprint density at radius 2 is 1.57 bits per heavy atom. The average molecular weight is 333 g/mol. The molecular formula is C17H19NO4S. The van der Waals surface area contributed by atoms with Gasteiger partial charge in [-0.3, -0.25) is 4.79 Å². The third kappa shape index (κ3) is 4.91. The molecule has 0 radical (unpaired) electrons. The lowest BCUT2D eigenvalue weighted by molar-refractivity contribution is -0.145. The molecule has 0 fully saturated rings. The molecule has 0 saturated carbocycles. The quantitative estimate of drug-likeness (QED) is 0.825. The molecule has 2 rings (SSSR count). The van der Waals surface area contributed by atoms with Crippen molar-refractivity contribution in [3.8, 4) is 11.1 Å². The monoisotopic (exact) mass is 333 g/mol. The molecule has 0 aliphatic rings. The number of rotatable bonds is 6. The predicted octanol–water partition coefficient (Wildman–Crippen LogP) is 2.58. The van der Waals surface area contributed by atoms with E-state index in [4.69, 9.17) is 4.74 Å². The molecule has 0 atom stereocenters. The van der Waals surface area contributed by atoms with E-state index in [-0.39, 0.29) is 17.5 Å². The Morgan fingerprint density at radius 3 is 2.13 bits per heavy atom. The molecule has 2 aromatic rings. The molecule has 0 saturated heterocycles. The molecule has 0 aromatic heterocycles. The van der Waals surface area contributed by atoms with Crippen molar-refractivity contribution < 1.29 is 17.9 Å². The number of ether oxygens (including phenoxy) is 1. The summed E-state index contributed by atoms with van der Waals surface area (Å²) in [6.07, 6.45) is -0.280. The molecule has 0 bridgehead atoms. The lowest BCUT2D eigenvalue weighted by Crippen LogP contribution is -2.31. The summed E-state index contributed by atoms with van der Waals surface area (Å²) in [5.41, 5.74) is 1.92. The fraction of sp³-hybridized carbons (Fsp3) is 0.235. The maximum atomic E-state index is 12.2. The first-order valence-electron chi connectivity index (χ1n) is 7.23. The highest BCUT2D eigenvalue weighted by atomic mass is 32.2. The van der Waals surface area contributed by atoms with Crippen LogP contribution in [0.3, 0.4) is 0 Å². The largest absolute Gasteiger partial charge is 0.462 e. The van der Waals surface area contributed by atoms with Crippen LogP contribution in [0.25, 0.3) is 11.1 Å². The van der Waals surface area contributed by atoms with Crippen molar-refractivity contribution in [2.24, 2.45) is 0 Å². The lowest BCUT2D eigenvalue weighted by atomic mass is 10.1. The van der Waals surface area contributed by atoms with Gasteiger partial charge in [-0.25, -0.2) is 8.42 Å². The Kier molecular flexibility index (Phi) is 5.52. The fourth-order valence-corrected chi connectivity index (χ4v) is 2.97. The van der Waals surface area contributed by atoms with Crippen molar-refractivity contribution in [1.82, 2.24) is 4.72 Å². The first-order valence-corrected chi connectivity index (χ1v) is 8.71. The number of carbonyl (C=O) groups is 1. The number of benzene rings is 2. The first kappa shape index (κ1) is 17.2. The number of carbonyl (C=O) groups excluding carboxylic acids is 1. The lowest BCUT2D eigenvalue weighted by Gasteiger charge is -2.10. The Balaban J connectivity index is 2.07. The molecule has 0 spiro atoms. The molecule has 0 unspecified atom stereocenters. The number of nitrogens with one attached hydrogen (secondary N) is 1. The molecule has 5 nitrogen and oxygen atoms in total. The molecule has 0 heterocycles. The van der Waals surface area contributed by atoms with Crippen LogP contribution in [0, 0.1) is 0 Å². The van der Waals surface area contributed by atoms with Crippen LogP contribution < -0.4 is 4.72 Å². The van der Waals surface area contributed by atoms with E-state index >= 15 is 0 Å². The first-order chi connectivity index (χ1) is 10.9. The van der Waals surface area contributed by atoms with Crippen molar-refractivity contribution in [3.05, 3.63) is 54.6 Å². The highest BCUT2D eigenvalue weighted by molar-refractivity contribution is 7.89. The van der Waals surface area contributed by atoms with E-state index in [1.807, 2.05) is 30.3 Å². The Bertz CT molecular complexity index is 753. The van der Waals surface area contributed by atoms with Gasteiger partial charge in [0.2, 0.25) is 10.0 Å². The second-order valence-electron chi connectivity index (χ2n) is 5.25. The second-order valence-corrected chi connectivity index (χ2v) is 7.02. The summed E-state index contributed by atoms with van der Waals surface area (Å²) < 4.78 is 31.4. The zero-order valence-corrected chi connectivity index (χ0v) is 13.8. The van der Waals surface area contributed by atoms with Gasteiger partial charge in [-0.1, -0.05) is 42.5 Å². The van der Waals surface area contributed by atoms with Crippen molar-refractivity contribution in [2.75, 3.05) is 6.54 Å². The predicted molar refractivity (Wildman–Crippen MR) is 88.3 cm³/mol. The number of sulfonamides is 1. The Labute approximate surface area is 136 Å². The molecule has 0 aliphatic heterocycles. The summed E-state index contributed by atoms with van der Waals surface area (Å²) in [5, 5.41) is 0. The molecule has 6 heteroatoms. The molecule has 1 N–H and O–H groups in total. The van der Waals surface area contributed by atoms with Gasteiger partial charge in [-0.2, -0.15) is 4.72 Å². The Morgan fingerprint density at radius 1 is 1.00 bits per heavy atom. The summed E-state index contributed by atoms with van der Waals surface area (Å²) in [6, 6.07) is 16.1. The van der Waals surface area contributed by atoms with E-state index in [1.165, 1.54) is 12.1 Å². The van der Waals surface area contributed by atoms with Crippen LogP contribution >= 0.6 is 0 Å². The molecule has 0 aliphatic carbocycles. The van der Waals surface area contributed by atoms with Gasteiger partial charge in [0.1, 0.15) is 6.54 Å². The minimum absolute atomic E-state index is 0.106. The molecular weight excluding hydrogens is 314 g/mol. The number of hydrogen-bond acceptors (Lipinski definition) is 4. The van der Waals surface area contributed by atoms with Gasteiger partial charge in [-0.05, 0) is 37.1 Å². The third-order valence-corrected chi connectivity index (χ3v) is 4.46. The van der Waals surface area contributed by atoms with E-state index in [0.717, 1.165) is 11.1 Å². The third-order valence-electron chi connectivity index (χ3n) is 3.05. The van der Waals surface area contributed by atoms with Gasteiger partial charge < -0.3 is 4.74 Å². The summed E-state index contributed by atoms with van der Waals surface area (Å²) in [5.74, 6) is -0.607. The zero-order chi connectivity index (χ0) is 16.9. The van der Waals surface area contributed by atoms with Crippen molar-refractivity contribution >= 4 is 16.0 Å². The minimum atomic E-state index is -3.74. The van der Waals surface area contributed by atoms with Crippen LogP contribution in [-0.4, -0.2) is 27.0 Å². The van der Waals surface area contributed by atoms with Crippen LogP contribution in [0.1, 0.15) is 13.8 Å². The number of hydrogen-bond donors (Lipinski definition) is 1. The molecule has 2 aromatic carbocycles. The van der Waals surface area contributed by atoms with Crippen LogP contribution in [0.2, 0.25) is 0 Å². The van der Waals surface area contributed by atoms with Crippen LogP contribution in [0.5, 0.6) is 0 Å². The molecule has 0 amide bonds. The molecule has 23 heavy (non-hydrogen) atoms. The zero-order valence-electron chi connectivity index (χ0n) is 13.0. The Hall–Kier alpha value is -2.18.